The van der Waals surface area contributed by atoms with Gasteiger partial charge in [-0.05, 0) is 134 Å². The van der Waals surface area contributed by atoms with Crippen LogP contribution in [0.5, 0.6) is 5.75 Å². The van der Waals surface area contributed by atoms with Crippen molar-refractivity contribution in [3.63, 3.8) is 0 Å². The molecule has 0 radical (unpaired) electrons. The van der Waals surface area contributed by atoms with Gasteiger partial charge in [-0.1, -0.05) is 78.9 Å². The second kappa shape index (κ2) is 18.2. The van der Waals surface area contributed by atoms with Gasteiger partial charge in [-0.2, -0.15) is 0 Å². The first-order valence-electron chi connectivity index (χ1n) is 20.8. The molecule has 4 aromatic carbocycles. The van der Waals surface area contributed by atoms with Crippen molar-refractivity contribution < 1.29 is 23.9 Å². The normalized spacial score (nSPS) is 20.2. The number of amides is 4. The first-order chi connectivity index (χ1) is 28.4. The van der Waals surface area contributed by atoms with E-state index < -0.39 is 23.8 Å². The Hall–Kier alpha value is -5.09. The van der Waals surface area contributed by atoms with Crippen molar-refractivity contribution in [2.75, 3.05) is 51.8 Å². The number of likely N-dealkylation sites (tertiary alicyclic amines) is 2. The van der Waals surface area contributed by atoms with Crippen LogP contribution in [0.2, 0.25) is 0 Å². The molecule has 1 unspecified atom stereocenters. The molecule has 10 heteroatoms. The summed E-state index contributed by atoms with van der Waals surface area (Å²) >= 11 is 6.34. The summed E-state index contributed by atoms with van der Waals surface area (Å²) in [7, 11) is 0. The summed E-state index contributed by atoms with van der Waals surface area (Å²) in [5.74, 6) is 0.557. The average molecular weight is 799 g/mol. The van der Waals surface area contributed by atoms with Crippen LogP contribution in [0.15, 0.2) is 103 Å². The van der Waals surface area contributed by atoms with Gasteiger partial charge >= 0.3 is 0 Å². The SMILES string of the molecule is O=C1CCC(N2C(=O)c3ccc(C4CCN(CC5CCN(CCOc6ccc(C(=C(CCCl)c7ccccc7)c7ccccc7)cc6)CC5)CC4)cc3C2=O)C(=O)N1. The van der Waals surface area contributed by atoms with Gasteiger partial charge in [0.05, 0.1) is 11.1 Å². The predicted octanol–water partition coefficient (Wildman–Crippen LogP) is 7.65. The number of fused-ring (bicyclic) bond motifs is 1. The molecule has 8 rings (SSSR count). The third-order valence-electron chi connectivity index (χ3n) is 12.4. The highest BCUT2D eigenvalue weighted by atomic mass is 35.5. The second-order valence-corrected chi connectivity index (χ2v) is 16.4. The molecular weight excluding hydrogens is 748 g/mol. The number of carbonyl (C=O) groups excluding carboxylic acids is 4. The number of hydrogen-bond acceptors (Lipinski definition) is 7. The van der Waals surface area contributed by atoms with Crippen molar-refractivity contribution in [1.82, 2.24) is 20.0 Å². The molecule has 0 aliphatic carbocycles. The minimum atomic E-state index is -0.945. The number of allylic oxidation sites excluding steroid dienone is 1. The molecule has 9 nitrogen and oxygen atoms in total. The van der Waals surface area contributed by atoms with E-state index >= 15 is 0 Å². The molecule has 3 fully saturated rings. The number of carbonyl (C=O) groups is 4. The molecule has 0 spiro atoms. The quantitative estimate of drug-likeness (QED) is 0.0844. The maximum atomic E-state index is 13.4. The Morgan fingerprint density at radius 2 is 1.33 bits per heavy atom. The summed E-state index contributed by atoms with van der Waals surface area (Å²) < 4.78 is 6.26. The van der Waals surface area contributed by atoms with E-state index in [-0.39, 0.29) is 18.7 Å². The lowest BCUT2D eigenvalue weighted by atomic mass is 9.87. The zero-order chi connectivity index (χ0) is 40.0. The lowest BCUT2D eigenvalue weighted by molar-refractivity contribution is -0.136. The number of nitrogens with zero attached hydrogens (tertiary/aromatic N) is 3. The number of imide groups is 2. The van der Waals surface area contributed by atoms with E-state index in [1.165, 1.54) is 35.1 Å². The molecule has 0 bridgehead atoms. The van der Waals surface area contributed by atoms with Crippen LogP contribution in [-0.4, -0.2) is 96.1 Å². The van der Waals surface area contributed by atoms with Crippen molar-refractivity contribution in [1.29, 1.82) is 0 Å². The molecular formula is C48H51ClN4O5. The lowest BCUT2D eigenvalue weighted by Crippen LogP contribution is -2.54. The van der Waals surface area contributed by atoms with Crippen LogP contribution < -0.4 is 10.1 Å². The summed E-state index contributed by atoms with van der Waals surface area (Å²) in [5.41, 5.74) is 7.71. The minimum absolute atomic E-state index is 0.112. The summed E-state index contributed by atoms with van der Waals surface area (Å²) in [6, 6.07) is 34.2. The number of nitrogens with one attached hydrogen (secondary N) is 1. The fraction of sp³-hybridized carbons (Fsp3) is 0.375. The highest BCUT2D eigenvalue weighted by Gasteiger charge is 2.45. The topological polar surface area (TPSA) is 99.3 Å². The van der Waals surface area contributed by atoms with Crippen LogP contribution in [0, 0.1) is 5.92 Å². The Labute approximate surface area is 346 Å². The monoisotopic (exact) mass is 798 g/mol. The molecule has 1 atom stereocenters. The fourth-order valence-corrected chi connectivity index (χ4v) is 9.42. The van der Waals surface area contributed by atoms with E-state index in [1.807, 2.05) is 24.3 Å². The lowest BCUT2D eigenvalue weighted by Gasteiger charge is -2.37. The van der Waals surface area contributed by atoms with Gasteiger partial charge in [0.1, 0.15) is 18.4 Å². The molecule has 4 aromatic rings. The first-order valence-corrected chi connectivity index (χ1v) is 21.3. The van der Waals surface area contributed by atoms with Gasteiger partial charge in [-0.3, -0.25) is 34.3 Å². The number of hydrogen-bond donors (Lipinski definition) is 1. The number of halogens is 1. The van der Waals surface area contributed by atoms with Crippen LogP contribution in [-0.2, 0) is 9.59 Å². The second-order valence-electron chi connectivity index (χ2n) is 16.0. The van der Waals surface area contributed by atoms with Crippen LogP contribution in [0.1, 0.15) is 93.8 Å². The first kappa shape index (κ1) is 39.7. The Bertz CT molecular complexity index is 2140. The van der Waals surface area contributed by atoms with E-state index in [0.717, 1.165) is 80.3 Å². The van der Waals surface area contributed by atoms with Gasteiger partial charge in [-0.25, -0.2) is 0 Å². The molecule has 4 amide bonds. The molecule has 300 valence electrons. The Morgan fingerprint density at radius 1 is 0.690 bits per heavy atom. The molecule has 58 heavy (non-hydrogen) atoms. The van der Waals surface area contributed by atoms with Crippen LogP contribution in [0.25, 0.3) is 11.1 Å². The molecule has 4 aliphatic rings. The zero-order valence-corrected chi connectivity index (χ0v) is 33.7. The Kier molecular flexibility index (Phi) is 12.5. The number of rotatable bonds is 13. The molecule has 4 aliphatic heterocycles. The number of alkyl halides is 1. The van der Waals surface area contributed by atoms with E-state index in [0.29, 0.717) is 35.4 Å². The summed E-state index contributed by atoms with van der Waals surface area (Å²) in [6.45, 7) is 6.84. The highest BCUT2D eigenvalue weighted by Crippen LogP contribution is 2.37. The molecule has 0 aromatic heterocycles. The van der Waals surface area contributed by atoms with Crippen LogP contribution in [0.3, 0.4) is 0 Å². The fourth-order valence-electron chi connectivity index (χ4n) is 9.23. The summed E-state index contributed by atoms with van der Waals surface area (Å²) in [5, 5.41) is 2.26. The minimum Gasteiger partial charge on any atom is -0.492 e. The van der Waals surface area contributed by atoms with E-state index in [1.54, 1.807) is 6.07 Å². The van der Waals surface area contributed by atoms with Gasteiger partial charge in [0.15, 0.2) is 0 Å². The Morgan fingerprint density at radius 3 is 2.00 bits per heavy atom. The summed E-state index contributed by atoms with van der Waals surface area (Å²) in [6.07, 6.45) is 5.40. The van der Waals surface area contributed by atoms with E-state index in [9.17, 15) is 19.2 Å². The molecule has 1 N–H and O–H groups in total. The molecule has 0 saturated carbocycles. The maximum absolute atomic E-state index is 13.4. The van der Waals surface area contributed by atoms with Crippen molar-refractivity contribution in [3.8, 4) is 5.75 Å². The predicted molar refractivity (Wildman–Crippen MR) is 227 cm³/mol. The van der Waals surface area contributed by atoms with Gasteiger partial charge in [0, 0.05) is 25.4 Å². The zero-order valence-electron chi connectivity index (χ0n) is 32.9. The number of piperidine rings is 3. The van der Waals surface area contributed by atoms with Gasteiger partial charge in [0.2, 0.25) is 11.8 Å². The van der Waals surface area contributed by atoms with Crippen LogP contribution >= 0.6 is 11.6 Å². The standard InChI is InChI=1S/C48H51ClN4O5/c49-24-19-40(35-7-3-1-4-8-35)45(36-9-5-2-6-10-36)37-11-14-39(15-12-37)58-30-29-51-25-20-33(21-26-51)32-52-27-22-34(23-28-52)38-13-16-41-42(31-38)48(57)53(47(41)56)43-17-18-44(54)50-46(43)55/h1-16,31,33-34,43H,17-30,32H2,(H,50,54,55). The maximum Gasteiger partial charge on any atom is 0.262 e. The van der Waals surface area contributed by atoms with Crippen molar-refractivity contribution in [2.45, 2.75) is 56.9 Å². The molecule has 3 saturated heterocycles. The summed E-state index contributed by atoms with van der Waals surface area (Å²) in [4.78, 5) is 56.7. The van der Waals surface area contributed by atoms with Gasteiger partial charge in [-0.15, -0.1) is 11.6 Å². The average Bonchev–Trinajstić information content (AvgIpc) is 3.50. The third kappa shape index (κ3) is 8.82. The largest absolute Gasteiger partial charge is 0.492 e. The smallest absolute Gasteiger partial charge is 0.262 e. The van der Waals surface area contributed by atoms with Gasteiger partial charge < -0.3 is 9.64 Å². The molecule has 4 heterocycles. The van der Waals surface area contributed by atoms with E-state index in [2.05, 4.69) is 87.9 Å². The van der Waals surface area contributed by atoms with Crippen LogP contribution in [0.4, 0.5) is 0 Å². The van der Waals surface area contributed by atoms with Gasteiger partial charge in [0.25, 0.3) is 11.8 Å². The number of benzene rings is 4. The number of ether oxygens (including phenoxy) is 1. The Balaban J connectivity index is 0.788. The third-order valence-corrected chi connectivity index (χ3v) is 12.6. The van der Waals surface area contributed by atoms with E-state index in [4.69, 9.17) is 16.3 Å². The van der Waals surface area contributed by atoms with Crippen molar-refractivity contribution >= 4 is 46.4 Å². The highest BCUT2D eigenvalue weighted by molar-refractivity contribution is 6.23. The van der Waals surface area contributed by atoms with Crippen molar-refractivity contribution in [3.05, 3.63) is 137 Å². The van der Waals surface area contributed by atoms with Crippen molar-refractivity contribution in [2.24, 2.45) is 5.92 Å².